The van der Waals surface area contributed by atoms with Crippen LogP contribution >= 0.6 is 78.3 Å². The number of esters is 1. The standard InChI is InChI=1S/C28H18BrCl2F4NO5.C17H23ClFNO2Si.C16H9BrClF3O4/c1-27(2,26(39)40)8-7-14-3-5-20(23(31)24(14)32)36-22(37)13-41-21-6-4-18(30)12-19(21)25(38)15-9-16(28(33,34)35)11-17(29)10-15;1-17(2,16(21)22-10-11-23(3,4)5)9-8-12-6-7-13(20)14(18)15(12)19;17-10-4-8(3-9(5-10)16(19,20)21)15(24)12-6-11(18)1-2-13(12)25-7-14(22)23/h3-6,9-12H,13H2,1-2H3,(H,36,37)(H,39,40);6-7H,10-11,20H2,1-5H3;1-6H,7H2,(H,22,23). The van der Waals surface area contributed by atoms with Gasteiger partial charge < -0.3 is 35.5 Å². The molecule has 0 aliphatic carbocycles. The summed E-state index contributed by atoms with van der Waals surface area (Å²) >= 11 is 29.5. The third-order valence-corrected chi connectivity index (χ3v) is 15.5. The Balaban J connectivity index is 0.000000304. The number of carboxylic acids is 2. The number of carbonyl (C=O) groups excluding carboxylic acids is 4. The predicted octanol–water partition coefficient (Wildman–Crippen LogP) is 16.8. The number of benzene rings is 6. The average molecular weight is 1470 g/mol. The van der Waals surface area contributed by atoms with Crippen molar-refractivity contribution in [3.05, 3.63) is 182 Å². The van der Waals surface area contributed by atoms with E-state index in [-0.39, 0.29) is 80.3 Å². The van der Waals surface area contributed by atoms with E-state index < -0.39 is 108 Å². The van der Waals surface area contributed by atoms with E-state index >= 15 is 0 Å². The van der Waals surface area contributed by atoms with Crippen molar-refractivity contribution in [1.82, 2.24) is 0 Å². The number of amides is 1. The zero-order chi connectivity index (χ0) is 67.3. The van der Waals surface area contributed by atoms with Crippen molar-refractivity contribution in [3.8, 4) is 35.2 Å². The number of ether oxygens (including phenoxy) is 3. The quantitative estimate of drug-likeness (QED) is 0.0178. The van der Waals surface area contributed by atoms with Crippen molar-refractivity contribution in [1.29, 1.82) is 0 Å². The van der Waals surface area contributed by atoms with E-state index in [4.69, 9.17) is 76.6 Å². The molecule has 6 aromatic carbocycles. The summed E-state index contributed by atoms with van der Waals surface area (Å²) in [5.41, 5.74) is 0.0364. The Morgan fingerprint density at radius 1 is 0.607 bits per heavy atom. The number of nitrogen functional groups attached to an aromatic ring is 1. The first-order valence-electron chi connectivity index (χ1n) is 25.4. The number of rotatable bonds is 16. The zero-order valence-electron chi connectivity index (χ0n) is 47.5. The van der Waals surface area contributed by atoms with Gasteiger partial charge in [0.15, 0.2) is 36.4 Å². The van der Waals surface area contributed by atoms with Crippen LogP contribution in [-0.4, -0.2) is 73.5 Å². The molecule has 472 valence electrons. The lowest BCUT2D eigenvalue weighted by molar-refractivity contribution is -0.150. The largest absolute Gasteiger partial charge is 0.483 e. The van der Waals surface area contributed by atoms with E-state index in [9.17, 15) is 63.9 Å². The second-order valence-corrected chi connectivity index (χ2v) is 30.1. The van der Waals surface area contributed by atoms with E-state index in [1.807, 2.05) is 0 Å². The van der Waals surface area contributed by atoms with E-state index in [1.165, 1.54) is 86.6 Å². The van der Waals surface area contributed by atoms with E-state index in [0.29, 0.717) is 18.7 Å². The molecule has 89 heavy (non-hydrogen) atoms. The van der Waals surface area contributed by atoms with Crippen LogP contribution in [0.25, 0.3) is 0 Å². The molecule has 0 unspecified atom stereocenters. The molecular weight excluding hydrogens is 1420 g/mol. The number of aliphatic carboxylic acids is 2. The van der Waals surface area contributed by atoms with Crippen molar-refractivity contribution >= 4 is 133 Å². The lowest BCUT2D eigenvalue weighted by atomic mass is 9.94. The average Bonchev–Trinajstić information content (AvgIpc) is 3.47. The summed E-state index contributed by atoms with van der Waals surface area (Å²) in [7, 11) is -1.26. The molecule has 0 aliphatic rings. The Kier molecular flexibility index (Phi) is 25.9. The third-order valence-electron chi connectivity index (χ3n) is 11.7. The van der Waals surface area contributed by atoms with Crippen LogP contribution < -0.4 is 20.5 Å². The number of ketones is 2. The van der Waals surface area contributed by atoms with Crippen LogP contribution in [0.5, 0.6) is 11.5 Å². The third kappa shape index (κ3) is 22.4. The Labute approximate surface area is 542 Å². The van der Waals surface area contributed by atoms with Crippen molar-refractivity contribution < 1.29 is 88.3 Å². The highest BCUT2D eigenvalue weighted by Crippen LogP contribution is 2.37. The summed E-state index contributed by atoms with van der Waals surface area (Å²) in [6, 6.07) is 19.4. The highest BCUT2D eigenvalue weighted by molar-refractivity contribution is 9.10. The van der Waals surface area contributed by atoms with Gasteiger partial charge in [0.1, 0.15) is 32.4 Å². The molecule has 0 aliphatic heterocycles. The predicted molar refractivity (Wildman–Crippen MR) is 331 cm³/mol. The molecular formula is C61H50Br2Cl4F8N2O11Si. The fourth-order valence-corrected chi connectivity index (χ4v) is 9.17. The van der Waals surface area contributed by atoms with Crippen LogP contribution in [0.2, 0.25) is 45.8 Å². The summed E-state index contributed by atoms with van der Waals surface area (Å²) in [6.07, 6.45) is -9.33. The highest BCUT2D eigenvalue weighted by atomic mass is 79.9. The molecule has 0 atom stereocenters. The second kappa shape index (κ2) is 31.0. The molecule has 0 saturated carbocycles. The Morgan fingerprint density at radius 3 is 1.48 bits per heavy atom. The molecule has 5 N–H and O–H groups in total. The topological polar surface area (TPSA) is 209 Å². The van der Waals surface area contributed by atoms with Crippen LogP contribution in [-0.2, 0) is 36.3 Å². The maximum atomic E-state index is 14.7. The van der Waals surface area contributed by atoms with Gasteiger partial charge >= 0.3 is 30.3 Å². The van der Waals surface area contributed by atoms with E-state index in [2.05, 4.69) is 80.5 Å². The number of halogens is 14. The van der Waals surface area contributed by atoms with Gasteiger partial charge in [-0.1, -0.05) is 122 Å². The number of anilines is 2. The lowest BCUT2D eigenvalue weighted by Crippen LogP contribution is -2.28. The van der Waals surface area contributed by atoms with Gasteiger partial charge in [-0.05, 0) is 131 Å². The van der Waals surface area contributed by atoms with Crippen LogP contribution in [0.3, 0.4) is 0 Å². The number of carboxylic acid groups (broad SMARTS) is 2. The minimum Gasteiger partial charge on any atom is -0.483 e. The molecule has 28 heteroatoms. The van der Waals surface area contributed by atoms with Gasteiger partial charge in [-0.15, -0.1) is 0 Å². The number of nitrogens with two attached hydrogens (primary N) is 1. The van der Waals surface area contributed by atoms with Crippen molar-refractivity contribution in [2.45, 2.75) is 65.7 Å². The fraction of sp³-hybridized carbons (Fsp3) is 0.246. The Morgan fingerprint density at radius 2 is 1.04 bits per heavy atom. The Hall–Kier alpha value is -7.16. The Bertz CT molecular complexity index is 3860. The SMILES string of the molecule is CC(C)(C#Cc1ccc(N)c(Cl)c1F)C(=O)OCC[Si](C)(C)C.CC(C)(C#Cc1ccc(NC(=O)COc2ccc(Cl)cc2C(=O)c2cc(Br)cc(C(F)(F)F)c2)c(Cl)c1F)C(=O)O.O=C(O)COc1ccc(Cl)cc1C(=O)c1cc(Br)cc(C(F)(F)F)c1. The van der Waals surface area contributed by atoms with E-state index in [0.717, 1.165) is 18.2 Å². The maximum Gasteiger partial charge on any atom is 0.416 e. The number of nitrogens with one attached hydrogen (secondary N) is 1. The summed E-state index contributed by atoms with van der Waals surface area (Å²) in [6.45, 7) is 11.6. The first-order chi connectivity index (χ1) is 41.0. The molecule has 1 amide bonds. The molecule has 6 aromatic rings. The number of alkyl halides is 6. The van der Waals surface area contributed by atoms with Crippen LogP contribution in [0, 0.1) is 46.1 Å². The first kappa shape index (κ1) is 74.3. The van der Waals surface area contributed by atoms with Gasteiger partial charge in [0.2, 0.25) is 0 Å². The molecule has 13 nitrogen and oxygen atoms in total. The van der Waals surface area contributed by atoms with Crippen molar-refractivity contribution in [2.24, 2.45) is 10.8 Å². The molecule has 0 aromatic heterocycles. The number of carbonyl (C=O) groups is 6. The first-order valence-corrected chi connectivity index (χ1v) is 32.2. The highest BCUT2D eigenvalue weighted by Gasteiger charge is 2.34. The van der Waals surface area contributed by atoms with Gasteiger partial charge in [0.05, 0.1) is 51.4 Å². The molecule has 0 fully saturated rings. The number of hydrogen-bond donors (Lipinski definition) is 4. The summed E-state index contributed by atoms with van der Waals surface area (Å²) in [4.78, 5) is 72.2. The monoisotopic (exact) mass is 1460 g/mol. The normalized spacial score (nSPS) is 11.4. The van der Waals surface area contributed by atoms with Gasteiger partial charge in [-0.25, -0.2) is 13.6 Å². The molecule has 6 rings (SSSR count). The molecule has 0 spiro atoms. The van der Waals surface area contributed by atoms with Crippen LogP contribution in [0.15, 0.2) is 106 Å². The van der Waals surface area contributed by atoms with Crippen molar-refractivity contribution in [3.63, 3.8) is 0 Å². The summed E-state index contributed by atoms with van der Waals surface area (Å²) < 4.78 is 123. The lowest BCUT2D eigenvalue weighted by Gasteiger charge is -2.19. The van der Waals surface area contributed by atoms with Crippen LogP contribution in [0.4, 0.5) is 46.5 Å². The smallest absolute Gasteiger partial charge is 0.416 e. The summed E-state index contributed by atoms with van der Waals surface area (Å²) in [5, 5.41) is 19.7. The van der Waals surface area contributed by atoms with E-state index in [1.54, 1.807) is 13.8 Å². The van der Waals surface area contributed by atoms with Crippen LogP contribution in [0.1, 0.15) is 81.8 Å². The minimum absolute atomic E-state index is 0.0197. The van der Waals surface area contributed by atoms with Gasteiger partial charge in [-0.2, -0.15) is 26.3 Å². The molecule has 0 bridgehead atoms. The maximum absolute atomic E-state index is 14.7. The number of hydrogen-bond acceptors (Lipinski definition) is 10. The minimum atomic E-state index is -4.70. The zero-order valence-corrected chi connectivity index (χ0v) is 54.7. The molecule has 0 heterocycles. The summed E-state index contributed by atoms with van der Waals surface area (Å²) in [5.74, 6) is 3.03. The second-order valence-electron chi connectivity index (χ2n) is 21.0. The molecule has 0 saturated heterocycles. The van der Waals surface area contributed by atoms with Gasteiger partial charge in [0, 0.05) is 38.2 Å². The van der Waals surface area contributed by atoms with Gasteiger partial charge in [-0.3, -0.25) is 24.0 Å². The fourth-order valence-electron chi connectivity index (χ4n) is 6.75. The van der Waals surface area contributed by atoms with Crippen molar-refractivity contribution in [2.75, 3.05) is 30.9 Å². The van der Waals surface area contributed by atoms with Gasteiger partial charge in [0.25, 0.3) is 5.91 Å². The molecule has 0 radical (unpaired) electrons.